The fraction of sp³-hybridized carbons (Fsp3) is 0.550. The highest BCUT2D eigenvalue weighted by Crippen LogP contribution is 2.38. The molecule has 2 aliphatic rings. The predicted octanol–water partition coefficient (Wildman–Crippen LogP) is 0.0414. The number of hydrogen-bond donors (Lipinski definition) is 1. The zero-order chi connectivity index (χ0) is 24.2. The summed E-state index contributed by atoms with van der Waals surface area (Å²) in [5.41, 5.74) is -0.643. The van der Waals surface area contributed by atoms with Crippen LogP contribution in [0.1, 0.15) is 13.8 Å². The van der Waals surface area contributed by atoms with Crippen molar-refractivity contribution in [2.24, 2.45) is 7.05 Å². The summed E-state index contributed by atoms with van der Waals surface area (Å²) in [5, 5.41) is 3.86. The molecule has 0 aliphatic carbocycles. The molecule has 1 aromatic heterocycles. The zero-order valence-corrected chi connectivity index (χ0v) is 18.3. The quantitative estimate of drug-likeness (QED) is 0.602. The Hall–Kier alpha value is -3.42. The normalized spacial score (nSPS) is 18.1. The molecule has 33 heavy (non-hydrogen) atoms. The van der Waals surface area contributed by atoms with E-state index in [4.69, 9.17) is 9.57 Å². The number of hydroxylamine groups is 1. The molecule has 0 spiro atoms. The minimum Gasteiger partial charge on any atom is -0.451 e. The van der Waals surface area contributed by atoms with E-state index in [0.29, 0.717) is 31.2 Å². The number of nitrogens with zero attached hydrogens (tertiary/aromatic N) is 5. The van der Waals surface area contributed by atoms with Gasteiger partial charge >= 0.3 is 18.2 Å². The number of carbonyl (C=O) groups is 1. The largest absolute Gasteiger partial charge is 0.493 e. The van der Waals surface area contributed by atoms with Gasteiger partial charge in [0, 0.05) is 33.2 Å². The molecule has 1 aromatic rings. The predicted molar refractivity (Wildman–Crippen MR) is 112 cm³/mol. The van der Waals surface area contributed by atoms with Crippen molar-refractivity contribution in [2.75, 3.05) is 49.3 Å². The lowest BCUT2D eigenvalue weighted by atomic mass is 10.3. The van der Waals surface area contributed by atoms with Crippen LogP contribution in [0.15, 0.2) is 4.79 Å². The summed E-state index contributed by atoms with van der Waals surface area (Å²) >= 11 is 0. The number of aromatic nitrogens is 2. The molecule has 1 saturated heterocycles. The summed E-state index contributed by atoms with van der Waals surface area (Å²) in [4.78, 5) is 37.3. The first-order valence-electron chi connectivity index (χ1n) is 10.0. The van der Waals surface area contributed by atoms with Gasteiger partial charge in [-0.05, 0) is 13.8 Å². The van der Waals surface area contributed by atoms with Crippen molar-refractivity contribution < 1.29 is 27.5 Å². The van der Waals surface area contributed by atoms with Crippen molar-refractivity contribution in [3.63, 3.8) is 0 Å². The van der Waals surface area contributed by atoms with E-state index in [1.54, 1.807) is 18.7 Å². The van der Waals surface area contributed by atoms with Crippen LogP contribution in [0, 0.1) is 23.7 Å². The molecule has 0 aromatic carbocycles. The Labute approximate surface area is 188 Å². The van der Waals surface area contributed by atoms with E-state index in [1.165, 1.54) is 11.9 Å². The summed E-state index contributed by atoms with van der Waals surface area (Å²) < 4.78 is 45.8. The average Bonchev–Trinajstić information content (AvgIpc) is 3.08. The molecule has 1 atom stereocenters. The van der Waals surface area contributed by atoms with Crippen molar-refractivity contribution in [3.8, 4) is 29.7 Å². The minimum absolute atomic E-state index is 0.00338. The average molecular weight is 468 g/mol. The number of anilines is 2. The Bertz CT molecular complexity index is 1080. The lowest BCUT2D eigenvalue weighted by molar-refractivity contribution is -0.203. The van der Waals surface area contributed by atoms with Gasteiger partial charge in [-0.3, -0.25) is 14.3 Å². The minimum atomic E-state index is -5.25. The molecule has 178 valence electrons. The maximum absolute atomic E-state index is 13.2. The number of rotatable bonds is 5. The number of carbonyl (C=O) groups excluding carboxylic acids is 1. The van der Waals surface area contributed by atoms with E-state index in [2.05, 4.69) is 34.0 Å². The highest BCUT2D eigenvalue weighted by molar-refractivity contribution is 5.80. The van der Waals surface area contributed by atoms with Crippen molar-refractivity contribution >= 4 is 17.5 Å². The summed E-state index contributed by atoms with van der Waals surface area (Å²) in [6.45, 7) is 5.05. The van der Waals surface area contributed by atoms with Gasteiger partial charge in [0.15, 0.2) is 18.6 Å². The molecule has 3 rings (SSSR count). The fourth-order valence-electron chi connectivity index (χ4n) is 3.43. The number of piperazine rings is 1. The van der Waals surface area contributed by atoms with Gasteiger partial charge < -0.3 is 19.8 Å². The summed E-state index contributed by atoms with van der Waals surface area (Å²) in [6, 6.07) is -0.183. The molecule has 1 N–H and O–H groups in total. The Morgan fingerprint density at radius 2 is 1.88 bits per heavy atom. The smallest absolute Gasteiger partial charge is 0.451 e. The van der Waals surface area contributed by atoms with Gasteiger partial charge in [-0.25, -0.2) is 4.79 Å². The van der Waals surface area contributed by atoms with Gasteiger partial charge in [-0.1, -0.05) is 11.8 Å². The molecule has 13 heteroatoms. The first kappa shape index (κ1) is 24.2. The van der Waals surface area contributed by atoms with Crippen molar-refractivity contribution in [2.45, 2.75) is 26.3 Å². The molecule has 1 fully saturated rings. The summed E-state index contributed by atoms with van der Waals surface area (Å²) in [5.74, 6) is 8.12. The standard InChI is InChI=1S/C20H23F3N6O4/c1-4-6-10-28-14-15(25-18(26(3)16(14)30)32-13-7-5-2)29(33-17(31)20(21,22)23)19(28)27-11-8-24-9-12-27/h19,24H,8-13H2,1-3H3. The highest BCUT2D eigenvalue weighted by Gasteiger charge is 2.50. The first-order valence-corrected chi connectivity index (χ1v) is 10.0. The van der Waals surface area contributed by atoms with Crippen LogP contribution in [0.4, 0.5) is 24.7 Å². The Balaban J connectivity index is 2.15. The lowest BCUT2D eigenvalue weighted by Crippen LogP contribution is -2.61. The second-order valence-electron chi connectivity index (χ2n) is 7.04. The zero-order valence-electron chi connectivity index (χ0n) is 18.3. The van der Waals surface area contributed by atoms with Crippen LogP contribution in [0.3, 0.4) is 0 Å². The number of ether oxygens (including phenoxy) is 1. The van der Waals surface area contributed by atoms with E-state index in [9.17, 15) is 22.8 Å². The Kier molecular flexibility index (Phi) is 7.36. The second kappa shape index (κ2) is 10.0. The van der Waals surface area contributed by atoms with Gasteiger partial charge in [-0.2, -0.15) is 18.2 Å². The summed E-state index contributed by atoms with van der Waals surface area (Å²) in [6.07, 6.45) is -6.30. The number of hydrogen-bond acceptors (Lipinski definition) is 9. The number of alkyl halides is 3. The molecule has 0 saturated carbocycles. The molecular formula is C20H23F3N6O4. The molecular weight excluding hydrogens is 445 g/mol. The van der Waals surface area contributed by atoms with E-state index >= 15 is 0 Å². The van der Waals surface area contributed by atoms with Crippen LogP contribution in [-0.2, 0) is 16.7 Å². The van der Waals surface area contributed by atoms with Gasteiger partial charge in [0.05, 0.1) is 6.54 Å². The number of fused-ring (bicyclic) bond motifs is 1. The van der Waals surface area contributed by atoms with E-state index in [-0.39, 0.29) is 30.7 Å². The highest BCUT2D eigenvalue weighted by atomic mass is 19.4. The van der Waals surface area contributed by atoms with Crippen LogP contribution < -0.4 is 25.6 Å². The molecule has 10 nitrogen and oxygen atoms in total. The van der Waals surface area contributed by atoms with Crippen molar-refractivity contribution in [1.29, 1.82) is 0 Å². The molecule has 0 bridgehead atoms. The number of halogens is 3. The summed E-state index contributed by atoms with van der Waals surface area (Å²) in [7, 11) is 1.41. The third kappa shape index (κ3) is 4.99. The monoisotopic (exact) mass is 468 g/mol. The van der Waals surface area contributed by atoms with Crippen molar-refractivity contribution in [1.82, 2.24) is 19.8 Å². The first-order chi connectivity index (χ1) is 15.7. The molecule has 0 radical (unpaired) electrons. The van der Waals surface area contributed by atoms with Crippen LogP contribution in [-0.4, -0.2) is 72.2 Å². The third-order valence-corrected chi connectivity index (χ3v) is 4.96. The second-order valence-corrected chi connectivity index (χ2v) is 7.04. The van der Waals surface area contributed by atoms with Crippen LogP contribution in [0.5, 0.6) is 6.01 Å². The van der Waals surface area contributed by atoms with Crippen LogP contribution >= 0.6 is 0 Å². The number of nitrogens with one attached hydrogen (secondary N) is 1. The Morgan fingerprint density at radius 3 is 2.48 bits per heavy atom. The van der Waals surface area contributed by atoms with Crippen molar-refractivity contribution in [3.05, 3.63) is 10.4 Å². The third-order valence-electron chi connectivity index (χ3n) is 4.96. The lowest BCUT2D eigenvalue weighted by Gasteiger charge is -2.40. The SMILES string of the molecule is CC#CCOc1nc2c(c(=O)n1C)N(CC#CC)C(N1CCNCC1)N2OC(=O)C(F)(F)F. The molecule has 0 amide bonds. The molecule has 1 unspecified atom stereocenters. The van der Waals surface area contributed by atoms with Gasteiger partial charge in [-0.15, -0.1) is 16.9 Å². The van der Waals surface area contributed by atoms with E-state index < -0.39 is 24.0 Å². The Morgan fingerprint density at radius 1 is 1.21 bits per heavy atom. The van der Waals surface area contributed by atoms with Gasteiger partial charge in [0.25, 0.3) is 5.56 Å². The topological polar surface area (TPSA) is 92.2 Å². The molecule has 3 heterocycles. The molecule has 2 aliphatic heterocycles. The van der Waals surface area contributed by atoms with E-state index in [1.807, 2.05) is 0 Å². The van der Waals surface area contributed by atoms with Gasteiger partial charge in [0.1, 0.15) is 0 Å². The maximum Gasteiger partial charge on any atom is 0.493 e. The van der Waals surface area contributed by atoms with Crippen LogP contribution in [0.2, 0.25) is 0 Å². The van der Waals surface area contributed by atoms with Gasteiger partial charge in [0.2, 0.25) is 5.82 Å². The fourth-order valence-corrected chi connectivity index (χ4v) is 3.43. The maximum atomic E-state index is 13.2. The van der Waals surface area contributed by atoms with Crippen LogP contribution in [0.25, 0.3) is 0 Å². The van der Waals surface area contributed by atoms with E-state index in [0.717, 1.165) is 4.57 Å².